The molecule has 0 saturated heterocycles. The van der Waals surface area contributed by atoms with Crippen LogP contribution in [0, 0.1) is 0 Å². The van der Waals surface area contributed by atoms with Crippen molar-refractivity contribution in [2.24, 2.45) is 5.73 Å². The zero-order valence-corrected chi connectivity index (χ0v) is 14.6. The number of hydrogen-bond donors (Lipinski definition) is 2. The Hall–Kier alpha value is -2.15. The maximum absolute atomic E-state index is 11.3. The molecule has 0 spiro atoms. The summed E-state index contributed by atoms with van der Waals surface area (Å²) >= 11 is 3.26. The van der Waals surface area contributed by atoms with E-state index < -0.39 is 10.4 Å². The largest absolute Gasteiger partial charge is 0.423 e. The Labute approximate surface area is 142 Å². The van der Waals surface area contributed by atoms with Crippen LogP contribution in [0.25, 0.3) is 11.0 Å². The smallest absolute Gasteiger partial charge is 0.336 e. The number of hydrogen-bond acceptors (Lipinski definition) is 4. The van der Waals surface area contributed by atoms with Crippen molar-refractivity contribution in [2.75, 3.05) is 0 Å². The van der Waals surface area contributed by atoms with Crippen LogP contribution in [0.3, 0.4) is 0 Å². The van der Waals surface area contributed by atoms with E-state index in [9.17, 15) is 14.4 Å². The second kappa shape index (κ2) is 8.47. The van der Waals surface area contributed by atoms with E-state index in [1.54, 1.807) is 12.1 Å². The van der Waals surface area contributed by atoms with Crippen LogP contribution < -0.4 is 16.7 Å². The molecule has 2 rings (SSSR count). The molecule has 0 aliphatic heterocycles. The molecule has 1 aromatic carbocycles. The third-order valence-electron chi connectivity index (χ3n) is 3.29. The highest BCUT2D eigenvalue weighted by molar-refractivity contribution is 9.10. The van der Waals surface area contributed by atoms with Gasteiger partial charge in [-0.05, 0) is 25.0 Å². The Morgan fingerprint density at radius 1 is 1.17 bits per heavy atom. The van der Waals surface area contributed by atoms with Crippen molar-refractivity contribution in [3.63, 3.8) is 0 Å². The Kier molecular flexibility index (Phi) is 6.96. The number of fused-ring (bicyclic) bond motifs is 1. The van der Waals surface area contributed by atoms with Crippen molar-refractivity contribution in [3.8, 4) is 0 Å². The zero-order chi connectivity index (χ0) is 17.5. The normalized spacial score (nSPS) is 10.6. The number of nitrogens with one attached hydrogen (secondary N) is 1. The number of imide groups is 1. The quantitative estimate of drug-likeness (QED) is 0.628. The van der Waals surface area contributed by atoms with Crippen molar-refractivity contribution >= 4 is 38.8 Å². The summed E-state index contributed by atoms with van der Waals surface area (Å²) in [5.74, 6) is -0.375. The van der Waals surface area contributed by atoms with E-state index in [1.807, 2.05) is 37.4 Å². The van der Waals surface area contributed by atoms with Crippen molar-refractivity contribution < 1.29 is 14.0 Å². The molecule has 0 fully saturated rings. The summed E-state index contributed by atoms with van der Waals surface area (Å²) in [5.41, 5.74) is 5.14. The van der Waals surface area contributed by atoms with Crippen molar-refractivity contribution in [2.45, 2.75) is 31.0 Å². The lowest BCUT2D eigenvalue weighted by Crippen LogP contribution is -2.46. The fourth-order valence-electron chi connectivity index (χ4n) is 1.81. The molecule has 0 atom stereocenters. The number of nitrogens with two attached hydrogens (primary N) is 1. The minimum atomic E-state index is -0.814. The number of primary amides is 1. The summed E-state index contributed by atoms with van der Waals surface area (Å²) < 4.78 is 4.24. The van der Waals surface area contributed by atoms with Crippen molar-refractivity contribution in [1.82, 2.24) is 5.32 Å². The second-order valence-electron chi connectivity index (χ2n) is 4.78. The summed E-state index contributed by atoms with van der Waals surface area (Å²) in [5, 5.41) is 2.99. The Morgan fingerprint density at radius 3 is 2.35 bits per heavy atom. The van der Waals surface area contributed by atoms with Gasteiger partial charge < -0.3 is 10.2 Å². The second-order valence-corrected chi connectivity index (χ2v) is 6.30. The summed E-state index contributed by atoms with van der Waals surface area (Å²) in [6, 6.07) is 9.78. The fourth-order valence-corrected chi connectivity index (χ4v) is 1.91. The first-order valence-electron chi connectivity index (χ1n) is 7.11. The van der Waals surface area contributed by atoms with Crippen LogP contribution >= 0.6 is 15.9 Å². The molecule has 0 aliphatic carbocycles. The number of rotatable bonds is 3. The van der Waals surface area contributed by atoms with Gasteiger partial charge in [-0.15, -0.1) is 0 Å². The maximum Gasteiger partial charge on any atom is 0.336 e. The molecule has 0 unspecified atom stereocenters. The molecular weight excluding hydrogens is 364 g/mol. The number of amides is 3. The molecule has 7 heteroatoms. The molecule has 0 saturated carbocycles. The van der Waals surface area contributed by atoms with Gasteiger partial charge in [0.05, 0.1) is 0 Å². The molecule has 0 bridgehead atoms. The highest BCUT2D eigenvalue weighted by Gasteiger charge is 2.32. The highest BCUT2D eigenvalue weighted by Crippen LogP contribution is 2.26. The summed E-state index contributed by atoms with van der Waals surface area (Å²) in [6.07, 6.45) is 1.23. The molecule has 0 aliphatic rings. The first-order valence-corrected chi connectivity index (χ1v) is 7.90. The molecule has 1 heterocycles. The van der Waals surface area contributed by atoms with Gasteiger partial charge in [0.1, 0.15) is 9.91 Å². The average Bonchev–Trinajstić information content (AvgIpc) is 2.53. The van der Waals surface area contributed by atoms with Crippen LogP contribution in [0.15, 0.2) is 45.6 Å². The van der Waals surface area contributed by atoms with E-state index in [2.05, 4.69) is 15.9 Å². The lowest BCUT2D eigenvalue weighted by atomic mass is 10.0. The average molecular weight is 383 g/mol. The van der Waals surface area contributed by atoms with Crippen LogP contribution in [0.2, 0.25) is 0 Å². The molecule has 3 N–H and O–H groups in total. The molecule has 23 heavy (non-hydrogen) atoms. The van der Waals surface area contributed by atoms with Gasteiger partial charge in [-0.3, -0.25) is 10.1 Å². The van der Waals surface area contributed by atoms with E-state index in [0.29, 0.717) is 18.4 Å². The molecule has 0 radical (unpaired) electrons. The first-order chi connectivity index (χ1) is 10.8. The van der Waals surface area contributed by atoms with Crippen molar-refractivity contribution in [1.29, 1.82) is 0 Å². The third kappa shape index (κ3) is 5.52. The maximum atomic E-state index is 11.3. The van der Waals surface area contributed by atoms with Gasteiger partial charge >= 0.3 is 11.7 Å². The van der Waals surface area contributed by atoms with E-state index in [1.165, 1.54) is 6.07 Å². The molecular formula is C16H19BrN2O4. The van der Waals surface area contributed by atoms with Gasteiger partial charge in [-0.1, -0.05) is 48.0 Å². The predicted octanol–water partition coefficient (Wildman–Crippen LogP) is 2.93. The molecule has 1 aromatic heterocycles. The van der Waals surface area contributed by atoms with Crippen LogP contribution in [-0.4, -0.2) is 16.3 Å². The number of para-hydroxylation sites is 1. The number of alkyl halides is 1. The van der Waals surface area contributed by atoms with E-state index >= 15 is 0 Å². The number of carbonyl (C=O) groups excluding carboxylic acids is 2. The lowest BCUT2D eigenvalue weighted by Gasteiger charge is -2.21. The number of urea groups is 1. The van der Waals surface area contributed by atoms with Gasteiger partial charge in [0.25, 0.3) is 0 Å². The third-order valence-corrected chi connectivity index (χ3v) is 4.77. The molecule has 2 aromatic rings. The Bertz CT molecular complexity index is 738. The van der Waals surface area contributed by atoms with E-state index in [0.717, 1.165) is 5.39 Å². The number of benzene rings is 1. The molecule has 6 nitrogen and oxygen atoms in total. The molecule has 3 amide bonds. The van der Waals surface area contributed by atoms with Gasteiger partial charge in [0.2, 0.25) is 5.91 Å². The highest BCUT2D eigenvalue weighted by atomic mass is 79.9. The minimum absolute atomic E-state index is 0.302. The summed E-state index contributed by atoms with van der Waals surface area (Å²) in [7, 11) is 0. The molecule has 124 valence electrons. The fraction of sp³-hybridized carbons (Fsp3) is 0.312. The van der Waals surface area contributed by atoms with E-state index in [-0.39, 0.29) is 11.5 Å². The van der Waals surface area contributed by atoms with E-state index in [4.69, 9.17) is 10.2 Å². The van der Waals surface area contributed by atoms with Crippen LogP contribution in [-0.2, 0) is 4.79 Å². The Balaban J connectivity index is 0.000000230. The van der Waals surface area contributed by atoms with Gasteiger partial charge in [0.15, 0.2) is 0 Å². The number of carbonyl (C=O) groups is 2. The summed E-state index contributed by atoms with van der Waals surface area (Å²) in [6.45, 7) is 3.72. The predicted molar refractivity (Wildman–Crippen MR) is 92.5 cm³/mol. The van der Waals surface area contributed by atoms with Crippen LogP contribution in [0.5, 0.6) is 0 Å². The van der Waals surface area contributed by atoms with Crippen LogP contribution in [0.4, 0.5) is 4.79 Å². The lowest BCUT2D eigenvalue weighted by molar-refractivity contribution is -0.122. The standard InChI is InChI=1S/C9H6O2.C7H13BrN2O2/c10-9-6-5-7-3-1-2-4-8(7)11-9;1-3-7(8,4-2)5(11)10-6(9)12/h1-6H;3-4H2,1-2H3,(H3,9,10,11,12). The minimum Gasteiger partial charge on any atom is -0.423 e. The SMILES string of the molecule is CCC(Br)(CC)C(=O)NC(N)=O.O=c1ccc2ccccc2o1. The van der Waals surface area contributed by atoms with Gasteiger partial charge in [-0.2, -0.15) is 0 Å². The van der Waals surface area contributed by atoms with Crippen molar-refractivity contribution in [3.05, 3.63) is 46.8 Å². The topological polar surface area (TPSA) is 102 Å². The number of halogens is 1. The van der Waals surface area contributed by atoms with Gasteiger partial charge in [0, 0.05) is 11.5 Å². The summed E-state index contributed by atoms with van der Waals surface area (Å²) in [4.78, 5) is 32.4. The Morgan fingerprint density at radius 2 is 1.78 bits per heavy atom. The first kappa shape index (κ1) is 18.9. The zero-order valence-electron chi connectivity index (χ0n) is 13.0. The van der Waals surface area contributed by atoms with Gasteiger partial charge in [-0.25, -0.2) is 9.59 Å². The monoisotopic (exact) mass is 382 g/mol. The van der Waals surface area contributed by atoms with Crippen LogP contribution in [0.1, 0.15) is 26.7 Å².